The number of halogens is 1. The van der Waals surface area contributed by atoms with Gasteiger partial charge >= 0.3 is 0 Å². The van der Waals surface area contributed by atoms with Crippen molar-refractivity contribution >= 4 is 17.4 Å². The van der Waals surface area contributed by atoms with Gasteiger partial charge in [0.05, 0.1) is 7.11 Å². The van der Waals surface area contributed by atoms with Crippen molar-refractivity contribution in [3.8, 4) is 5.75 Å². The fourth-order valence-corrected chi connectivity index (χ4v) is 1.49. The summed E-state index contributed by atoms with van der Waals surface area (Å²) in [6, 6.07) is 0. The lowest BCUT2D eigenvalue weighted by Crippen LogP contribution is -2.06. The molecule has 0 aliphatic rings. The van der Waals surface area contributed by atoms with Gasteiger partial charge in [-0.15, -0.1) is 0 Å². The average Bonchev–Trinajstić information content (AvgIpc) is 2.29. The number of rotatable bonds is 7. The van der Waals surface area contributed by atoms with Gasteiger partial charge in [-0.1, -0.05) is 11.6 Å². The van der Waals surface area contributed by atoms with E-state index in [-0.39, 0.29) is 6.61 Å². The highest BCUT2D eigenvalue weighted by molar-refractivity contribution is 6.31. The molecule has 1 aromatic rings. The van der Waals surface area contributed by atoms with E-state index in [1.807, 2.05) is 0 Å². The zero-order valence-corrected chi connectivity index (χ0v) is 10.00. The molecule has 1 rings (SSSR count). The van der Waals surface area contributed by atoms with Crippen LogP contribution in [0.2, 0.25) is 5.15 Å². The summed E-state index contributed by atoms with van der Waals surface area (Å²) in [4.78, 5) is 7.87. The summed E-state index contributed by atoms with van der Waals surface area (Å²) >= 11 is 5.84. The first kappa shape index (κ1) is 13.0. The first-order valence-corrected chi connectivity index (χ1v) is 5.56. The molecule has 0 fully saturated rings. The lowest BCUT2D eigenvalue weighted by atomic mass is 10.2. The number of hydrogen-bond donors (Lipinski definition) is 2. The van der Waals surface area contributed by atoms with Gasteiger partial charge in [-0.2, -0.15) is 0 Å². The van der Waals surface area contributed by atoms with Crippen molar-refractivity contribution in [1.29, 1.82) is 0 Å². The van der Waals surface area contributed by atoms with Crippen LogP contribution in [0.1, 0.15) is 19.3 Å². The number of nitrogens with one attached hydrogen (secondary N) is 1. The molecule has 0 amide bonds. The Morgan fingerprint density at radius 1 is 1.38 bits per heavy atom. The molecule has 0 saturated heterocycles. The van der Waals surface area contributed by atoms with Crippen LogP contribution in [0, 0.1) is 0 Å². The Bertz CT molecular complexity index is 323. The van der Waals surface area contributed by atoms with Gasteiger partial charge in [-0.25, -0.2) is 9.97 Å². The van der Waals surface area contributed by atoms with Crippen molar-refractivity contribution in [3.05, 3.63) is 11.5 Å². The third-order valence-corrected chi connectivity index (χ3v) is 2.36. The third kappa shape index (κ3) is 3.83. The second-order valence-corrected chi connectivity index (χ2v) is 3.62. The van der Waals surface area contributed by atoms with E-state index in [0.717, 1.165) is 25.8 Å². The zero-order valence-electron chi connectivity index (χ0n) is 9.24. The van der Waals surface area contributed by atoms with Crippen molar-refractivity contribution in [1.82, 2.24) is 9.97 Å². The summed E-state index contributed by atoms with van der Waals surface area (Å²) in [5, 5.41) is 12.0. The Morgan fingerprint density at radius 3 is 2.88 bits per heavy atom. The molecule has 0 saturated carbocycles. The standard InChI is InChI=1S/C10H16ClN3O2/c1-16-8-9(11)13-7-14-10(8)12-5-3-2-4-6-15/h7,15H,2-6H2,1H3,(H,12,13,14). The highest BCUT2D eigenvalue weighted by Gasteiger charge is 2.08. The number of aliphatic hydroxyl groups is 1. The van der Waals surface area contributed by atoms with Crippen LogP contribution in [0.3, 0.4) is 0 Å². The first-order valence-electron chi connectivity index (χ1n) is 5.18. The van der Waals surface area contributed by atoms with Gasteiger partial charge < -0.3 is 15.2 Å². The number of methoxy groups -OCH3 is 1. The van der Waals surface area contributed by atoms with Crippen LogP contribution in [-0.2, 0) is 0 Å². The fourth-order valence-electron chi connectivity index (χ4n) is 1.28. The Morgan fingerprint density at radius 2 is 2.19 bits per heavy atom. The van der Waals surface area contributed by atoms with E-state index in [2.05, 4.69) is 15.3 Å². The highest BCUT2D eigenvalue weighted by Crippen LogP contribution is 2.28. The molecule has 0 bridgehead atoms. The molecule has 16 heavy (non-hydrogen) atoms. The highest BCUT2D eigenvalue weighted by atomic mass is 35.5. The van der Waals surface area contributed by atoms with Crippen molar-refractivity contribution in [3.63, 3.8) is 0 Å². The maximum atomic E-state index is 8.62. The number of aliphatic hydroxyl groups excluding tert-OH is 1. The Kier molecular flexibility index (Phi) is 5.88. The largest absolute Gasteiger partial charge is 0.490 e. The number of aromatic nitrogens is 2. The van der Waals surface area contributed by atoms with Crippen molar-refractivity contribution in [2.45, 2.75) is 19.3 Å². The Labute approximate surface area is 99.8 Å². The third-order valence-electron chi connectivity index (χ3n) is 2.09. The van der Waals surface area contributed by atoms with Crippen LogP contribution < -0.4 is 10.1 Å². The van der Waals surface area contributed by atoms with Gasteiger partial charge in [0.25, 0.3) is 0 Å². The second kappa shape index (κ2) is 7.24. The van der Waals surface area contributed by atoms with Crippen molar-refractivity contribution < 1.29 is 9.84 Å². The van der Waals surface area contributed by atoms with Crippen LogP contribution in [0.4, 0.5) is 5.82 Å². The summed E-state index contributed by atoms with van der Waals surface area (Å²) in [6.07, 6.45) is 4.15. The summed E-state index contributed by atoms with van der Waals surface area (Å²) in [5.74, 6) is 1.07. The van der Waals surface area contributed by atoms with Crippen LogP contribution in [-0.4, -0.2) is 35.3 Å². The topological polar surface area (TPSA) is 67.3 Å². The summed E-state index contributed by atoms with van der Waals surface area (Å²) < 4.78 is 5.09. The molecule has 0 aliphatic carbocycles. The number of unbranched alkanes of at least 4 members (excludes halogenated alkanes) is 2. The molecule has 0 radical (unpaired) electrons. The summed E-state index contributed by atoms with van der Waals surface area (Å²) in [5.41, 5.74) is 0. The molecule has 2 N–H and O–H groups in total. The summed E-state index contributed by atoms with van der Waals surface area (Å²) in [6.45, 7) is 1.01. The predicted molar refractivity (Wildman–Crippen MR) is 63.0 cm³/mol. The van der Waals surface area contributed by atoms with Gasteiger partial charge in [-0.05, 0) is 19.3 Å². The minimum Gasteiger partial charge on any atom is -0.490 e. The molecule has 0 unspecified atom stereocenters. The zero-order chi connectivity index (χ0) is 11.8. The molecule has 0 spiro atoms. The van der Waals surface area contributed by atoms with E-state index in [9.17, 15) is 0 Å². The van der Waals surface area contributed by atoms with E-state index in [1.54, 1.807) is 0 Å². The molecule has 6 heteroatoms. The molecular weight excluding hydrogens is 230 g/mol. The molecular formula is C10H16ClN3O2. The van der Waals surface area contributed by atoms with E-state index in [0.29, 0.717) is 16.7 Å². The monoisotopic (exact) mass is 245 g/mol. The van der Waals surface area contributed by atoms with E-state index < -0.39 is 0 Å². The molecule has 0 atom stereocenters. The SMILES string of the molecule is COc1c(Cl)ncnc1NCCCCCO. The van der Waals surface area contributed by atoms with Crippen LogP contribution in [0.25, 0.3) is 0 Å². The maximum absolute atomic E-state index is 8.62. The van der Waals surface area contributed by atoms with Gasteiger partial charge in [-0.3, -0.25) is 0 Å². The maximum Gasteiger partial charge on any atom is 0.198 e. The molecule has 5 nitrogen and oxygen atoms in total. The van der Waals surface area contributed by atoms with Gasteiger partial charge in [0, 0.05) is 13.2 Å². The minimum absolute atomic E-state index is 0.239. The smallest absolute Gasteiger partial charge is 0.198 e. The first-order chi connectivity index (χ1) is 7.79. The Hall–Kier alpha value is -1.07. The Balaban J connectivity index is 2.44. The fraction of sp³-hybridized carbons (Fsp3) is 0.600. The molecule has 1 aromatic heterocycles. The normalized spacial score (nSPS) is 10.2. The van der Waals surface area contributed by atoms with Gasteiger partial charge in [0.2, 0.25) is 0 Å². The van der Waals surface area contributed by atoms with Crippen molar-refractivity contribution in [2.24, 2.45) is 0 Å². The van der Waals surface area contributed by atoms with Gasteiger partial charge in [0.1, 0.15) is 6.33 Å². The second-order valence-electron chi connectivity index (χ2n) is 3.26. The quantitative estimate of drug-likeness (QED) is 0.566. The van der Waals surface area contributed by atoms with Crippen LogP contribution in [0.5, 0.6) is 5.75 Å². The predicted octanol–water partition coefficient (Wildman–Crippen LogP) is 1.71. The number of nitrogens with zero attached hydrogens (tertiary/aromatic N) is 2. The average molecular weight is 246 g/mol. The van der Waals surface area contributed by atoms with Crippen molar-refractivity contribution in [2.75, 3.05) is 25.6 Å². The van der Waals surface area contributed by atoms with Crippen LogP contribution in [0.15, 0.2) is 6.33 Å². The molecule has 0 aliphatic heterocycles. The van der Waals surface area contributed by atoms with E-state index in [4.69, 9.17) is 21.4 Å². The van der Waals surface area contributed by atoms with E-state index in [1.165, 1.54) is 13.4 Å². The molecule has 1 heterocycles. The molecule has 0 aromatic carbocycles. The summed E-state index contributed by atoms with van der Waals surface area (Å²) in [7, 11) is 1.53. The molecule has 90 valence electrons. The number of anilines is 1. The number of ether oxygens (including phenoxy) is 1. The van der Waals surface area contributed by atoms with E-state index >= 15 is 0 Å². The lowest BCUT2D eigenvalue weighted by molar-refractivity contribution is 0.283. The van der Waals surface area contributed by atoms with Gasteiger partial charge in [0.15, 0.2) is 16.7 Å². The minimum atomic E-state index is 0.239. The van der Waals surface area contributed by atoms with Crippen LogP contribution >= 0.6 is 11.6 Å². The number of hydrogen-bond acceptors (Lipinski definition) is 5. The lowest BCUT2D eigenvalue weighted by Gasteiger charge is -2.09.